The first-order valence-electron chi connectivity index (χ1n) is 4.48. The number of hydrogen-bond donors (Lipinski definition) is 2. The van der Waals surface area contributed by atoms with Crippen LogP contribution in [0.4, 0.5) is 0 Å². The number of hydrogen-bond acceptors (Lipinski definition) is 2. The van der Waals surface area contributed by atoms with E-state index in [0.29, 0.717) is 0 Å². The van der Waals surface area contributed by atoms with Crippen LogP contribution >= 0.6 is 0 Å². The maximum atomic E-state index is 6.08. The Labute approximate surface area is 75.0 Å². The fraction of sp³-hybridized carbons (Fsp3) is 0.800. The smallest absolute Gasteiger partial charge is 0.0273 e. The Balaban J connectivity index is 2.87. The molecule has 4 N–H and O–H groups in total. The second-order valence-corrected chi connectivity index (χ2v) is 5.05. The van der Waals surface area contributed by atoms with Crippen LogP contribution < -0.4 is 11.5 Å². The summed E-state index contributed by atoms with van der Waals surface area (Å²) in [5.74, 6) is 0. The maximum Gasteiger partial charge on any atom is 0.0273 e. The highest BCUT2D eigenvalue weighted by atomic mass is 14.8. The van der Waals surface area contributed by atoms with Gasteiger partial charge in [-0.1, -0.05) is 26.0 Å². The summed E-state index contributed by atoms with van der Waals surface area (Å²) in [5, 5.41) is 0. The quantitative estimate of drug-likeness (QED) is 0.537. The van der Waals surface area contributed by atoms with Gasteiger partial charge in [-0.05, 0) is 25.2 Å². The Morgan fingerprint density at radius 3 is 2.33 bits per heavy atom. The van der Waals surface area contributed by atoms with Crippen LogP contribution in [-0.2, 0) is 0 Å². The second kappa shape index (κ2) is 2.57. The molecule has 1 aliphatic carbocycles. The van der Waals surface area contributed by atoms with E-state index in [1.807, 2.05) is 0 Å². The topological polar surface area (TPSA) is 52.0 Å². The van der Waals surface area contributed by atoms with E-state index in [4.69, 9.17) is 11.5 Å². The molecule has 2 nitrogen and oxygen atoms in total. The summed E-state index contributed by atoms with van der Waals surface area (Å²) in [6.45, 7) is 10.4. The van der Waals surface area contributed by atoms with Crippen molar-refractivity contribution < 1.29 is 0 Å². The Morgan fingerprint density at radius 2 is 1.92 bits per heavy atom. The number of rotatable bonds is 0. The highest BCUT2D eigenvalue weighted by molar-refractivity contribution is 5.21. The molecule has 0 radical (unpaired) electrons. The Hall–Kier alpha value is -0.340. The minimum atomic E-state index is -0.121. The third-order valence-electron chi connectivity index (χ3n) is 2.85. The van der Waals surface area contributed by atoms with Crippen LogP contribution in [0, 0.1) is 5.41 Å². The van der Waals surface area contributed by atoms with Gasteiger partial charge < -0.3 is 11.5 Å². The van der Waals surface area contributed by atoms with Crippen molar-refractivity contribution in [2.75, 3.05) is 0 Å². The molecule has 0 bridgehead atoms. The average Bonchev–Trinajstić information content (AvgIpc) is 1.79. The maximum absolute atomic E-state index is 6.08. The van der Waals surface area contributed by atoms with E-state index in [1.165, 1.54) is 0 Å². The molecule has 0 saturated heterocycles. The summed E-state index contributed by atoms with van der Waals surface area (Å²) >= 11 is 0. The molecule has 0 aromatic carbocycles. The Kier molecular flexibility index (Phi) is 2.09. The highest BCUT2D eigenvalue weighted by Crippen LogP contribution is 2.42. The van der Waals surface area contributed by atoms with Gasteiger partial charge >= 0.3 is 0 Å². The summed E-state index contributed by atoms with van der Waals surface area (Å²) in [4.78, 5) is 0. The van der Waals surface area contributed by atoms with Crippen LogP contribution in [0.3, 0.4) is 0 Å². The summed E-state index contributed by atoms with van der Waals surface area (Å²) < 4.78 is 0. The van der Waals surface area contributed by atoms with Crippen molar-refractivity contribution in [3.63, 3.8) is 0 Å². The minimum absolute atomic E-state index is 0.0729. The summed E-state index contributed by atoms with van der Waals surface area (Å²) in [7, 11) is 0. The molecule has 0 amide bonds. The lowest BCUT2D eigenvalue weighted by Crippen LogP contribution is -2.52. The second-order valence-electron chi connectivity index (χ2n) is 5.05. The molecule has 0 spiro atoms. The molecule has 2 heteroatoms. The van der Waals surface area contributed by atoms with E-state index >= 15 is 0 Å². The van der Waals surface area contributed by atoms with Gasteiger partial charge in [0.15, 0.2) is 0 Å². The van der Waals surface area contributed by atoms with E-state index < -0.39 is 0 Å². The van der Waals surface area contributed by atoms with Crippen LogP contribution in [-0.4, -0.2) is 11.6 Å². The molecular weight excluding hydrogens is 148 g/mol. The standard InChI is InChI=1S/C10H20N2/c1-7-8(11)5-10(4,12)6-9(7,2)3/h8H,1,5-6,11-12H2,2-4H3. The third kappa shape index (κ3) is 1.70. The van der Waals surface area contributed by atoms with Gasteiger partial charge in [0.05, 0.1) is 0 Å². The summed E-state index contributed by atoms with van der Waals surface area (Å²) in [6.07, 6.45) is 1.84. The molecule has 12 heavy (non-hydrogen) atoms. The van der Waals surface area contributed by atoms with E-state index in [0.717, 1.165) is 18.4 Å². The minimum Gasteiger partial charge on any atom is -0.325 e. The van der Waals surface area contributed by atoms with E-state index in [2.05, 4.69) is 27.4 Å². The zero-order valence-electron chi connectivity index (χ0n) is 8.35. The molecule has 0 aromatic rings. The first kappa shape index (κ1) is 9.75. The Morgan fingerprint density at radius 1 is 1.42 bits per heavy atom. The molecule has 0 aliphatic heterocycles. The predicted molar refractivity (Wildman–Crippen MR) is 52.7 cm³/mol. The molecule has 0 aromatic heterocycles. The van der Waals surface area contributed by atoms with Crippen molar-refractivity contribution in [3.05, 3.63) is 12.2 Å². The summed E-state index contributed by atoms with van der Waals surface area (Å²) in [6, 6.07) is 0.0729. The van der Waals surface area contributed by atoms with Crippen molar-refractivity contribution in [2.24, 2.45) is 16.9 Å². The van der Waals surface area contributed by atoms with E-state index in [9.17, 15) is 0 Å². The molecule has 70 valence electrons. The highest BCUT2D eigenvalue weighted by Gasteiger charge is 2.40. The SMILES string of the molecule is C=C1C(N)CC(C)(N)CC1(C)C. The molecule has 2 atom stereocenters. The third-order valence-corrected chi connectivity index (χ3v) is 2.85. The van der Waals surface area contributed by atoms with Crippen molar-refractivity contribution in [3.8, 4) is 0 Å². The Bertz CT molecular complexity index is 204. The van der Waals surface area contributed by atoms with Gasteiger partial charge in [-0.3, -0.25) is 0 Å². The van der Waals surface area contributed by atoms with Gasteiger partial charge in [0.25, 0.3) is 0 Å². The molecular formula is C10H20N2. The predicted octanol–water partition coefficient (Wildman–Crippen LogP) is 1.41. The van der Waals surface area contributed by atoms with Crippen LogP contribution in [0.1, 0.15) is 33.6 Å². The zero-order chi connectivity index (χ0) is 9.57. The van der Waals surface area contributed by atoms with E-state index in [1.54, 1.807) is 0 Å². The lowest BCUT2D eigenvalue weighted by Gasteiger charge is -2.45. The molecule has 1 aliphatic rings. The van der Waals surface area contributed by atoms with Gasteiger partial charge in [0.1, 0.15) is 0 Å². The van der Waals surface area contributed by atoms with Gasteiger partial charge in [0, 0.05) is 11.6 Å². The lowest BCUT2D eigenvalue weighted by atomic mass is 9.65. The molecule has 0 heterocycles. The van der Waals surface area contributed by atoms with Gasteiger partial charge in [0.2, 0.25) is 0 Å². The normalized spacial score (nSPS) is 41.4. The molecule has 1 fully saturated rings. The van der Waals surface area contributed by atoms with Crippen LogP contribution in [0.5, 0.6) is 0 Å². The first-order valence-corrected chi connectivity index (χ1v) is 4.48. The van der Waals surface area contributed by atoms with Gasteiger partial charge in [-0.15, -0.1) is 0 Å². The van der Waals surface area contributed by atoms with Crippen molar-refractivity contribution >= 4 is 0 Å². The fourth-order valence-corrected chi connectivity index (χ4v) is 2.32. The van der Waals surface area contributed by atoms with Crippen LogP contribution in [0.25, 0.3) is 0 Å². The van der Waals surface area contributed by atoms with Crippen molar-refractivity contribution in [1.82, 2.24) is 0 Å². The summed E-state index contributed by atoms with van der Waals surface area (Å²) in [5.41, 5.74) is 13.2. The van der Waals surface area contributed by atoms with E-state index in [-0.39, 0.29) is 17.0 Å². The molecule has 1 saturated carbocycles. The molecule has 1 rings (SSSR count). The van der Waals surface area contributed by atoms with Gasteiger partial charge in [-0.2, -0.15) is 0 Å². The van der Waals surface area contributed by atoms with Crippen molar-refractivity contribution in [1.29, 1.82) is 0 Å². The molecule has 2 unspecified atom stereocenters. The first-order chi connectivity index (χ1) is 5.25. The van der Waals surface area contributed by atoms with Crippen molar-refractivity contribution in [2.45, 2.75) is 45.2 Å². The van der Waals surface area contributed by atoms with Gasteiger partial charge in [-0.25, -0.2) is 0 Å². The van der Waals surface area contributed by atoms with Crippen LogP contribution in [0.2, 0.25) is 0 Å². The van der Waals surface area contributed by atoms with Crippen LogP contribution in [0.15, 0.2) is 12.2 Å². The average molecular weight is 168 g/mol. The fourth-order valence-electron chi connectivity index (χ4n) is 2.32. The monoisotopic (exact) mass is 168 g/mol. The lowest BCUT2D eigenvalue weighted by molar-refractivity contribution is 0.213. The largest absolute Gasteiger partial charge is 0.325 e. The number of nitrogens with two attached hydrogens (primary N) is 2. The zero-order valence-corrected chi connectivity index (χ0v) is 8.35.